The summed E-state index contributed by atoms with van der Waals surface area (Å²) in [7, 11) is 0. The van der Waals surface area contributed by atoms with Crippen LogP contribution in [0.1, 0.15) is 35.8 Å². The van der Waals surface area contributed by atoms with Gasteiger partial charge in [-0.3, -0.25) is 14.6 Å². The Morgan fingerprint density at radius 1 is 1.04 bits per heavy atom. The fraction of sp³-hybridized carbons (Fsp3) is 0.278. The summed E-state index contributed by atoms with van der Waals surface area (Å²) in [4.78, 5) is 30.8. The van der Waals surface area contributed by atoms with E-state index in [4.69, 9.17) is 0 Å². The summed E-state index contributed by atoms with van der Waals surface area (Å²) in [5.74, 6) is -0.398. The van der Waals surface area contributed by atoms with Gasteiger partial charge in [-0.2, -0.15) is 0 Å². The number of carbonyl (C=O) groups is 2. The Balaban J connectivity index is 2.27. The number of rotatable bonds is 6. The smallest absolute Gasteiger partial charge is 0.252 e. The third-order valence-corrected chi connectivity index (χ3v) is 3.67. The number of pyridine rings is 1. The number of likely N-dealkylation sites (N-methyl/N-ethyl adjacent to an activating group) is 1. The summed E-state index contributed by atoms with van der Waals surface area (Å²) in [5.41, 5.74) is 1.25. The van der Waals surface area contributed by atoms with Gasteiger partial charge >= 0.3 is 0 Å². The van der Waals surface area contributed by atoms with Gasteiger partial charge in [0.05, 0.1) is 0 Å². The normalized spacial score (nSPS) is 11.6. The van der Waals surface area contributed by atoms with E-state index in [1.54, 1.807) is 29.4 Å². The molecule has 2 aromatic rings. The molecule has 0 saturated carbocycles. The molecule has 0 spiro atoms. The highest BCUT2D eigenvalue weighted by Gasteiger charge is 2.26. The Labute approximate surface area is 136 Å². The number of nitrogens with zero attached hydrogens (tertiary/aromatic N) is 2. The van der Waals surface area contributed by atoms with Crippen LogP contribution in [0.25, 0.3) is 0 Å². The Kier molecular flexibility index (Phi) is 5.86. The molecule has 0 fully saturated rings. The molecule has 0 aliphatic rings. The minimum Gasteiger partial charge on any atom is -0.341 e. The number of aromatic nitrogens is 1. The molecule has 0 saturated heterocycles. The average Bonchev–Trinajstić information content (AvgIpc) is 2.62. The van der Waals surface area contributed by atoms with E-state index in [2.05, 4.69) is 10.3 Å². The van der Waals surface area contributed by atoms with Crippen molar-refractivity contribution in [2.75, 3.05) is 13.1 Å². The molecule has 0 aliphatic heterocycles. The van der Waals surface area contributed by atoms with E-state index < -0.39 is 6.04 Å². The number of benzene rings is 1. The lowest BCUT2D eigenvalue weighted by Crippen LogP contribution is -2.42. The molecule has 23 heavy (non-hydrogen) atoms. The molecule has 1 atom stereocenters. The zero-order chi connectivity index (χ0) is 16.7. The molecule has 1 N–H and O–H groups in total. The Morgan fingerprint density at radius 2 is 1.65 bits per heavy atom. The molecule has 120 valence electrons. The van der Waals surface area contributed by atoms with Crippen LogP contribution in [0.4, 0.5) is 0 Å². The molecule has 0 radical (unpaired) electrons. The van der Waals surface area contributed by atoms with Crippen molar-refractivity contribution in [3.8, 4) is 0 Å². The second-order valence-corrected chi connectivity index (χ2v) is 5.06. The SMILES string of the molecule is CCN(CC)C(=O)[C@@H](NC(=O)c1ccncc1)c1ccccc1. The first-order chi connectivity index (χ1) is 11.2. The summed E-state index contributed by atoms with van der Waals surface area (Å²) in [5, 5.41) is 2.84. The number of hydrogen-bond donors (Lipinski definition) is 1. The maximum Gasteiger partial charge on any atom is 0.252 e. The minimum atomic E-state index is -0.697. The van der Waals surface area contributed by atoms with Crippen molar-refractivity contribution < 1.29 is 9.59 Å². The standard InChI is InChI=1S/C18H21N3O2/c1-3-21(4-2)18(23)16(14-8-6-5-7-9-14)20-17(22)15-10-12-19-13-11-15/h5-13,16H,3-4H2,1-2H3,(H,20,22)/t16-/m0/s1. The highest BCUT2D eigenvalue weighted by molar-refractivity contribution is 5.97. The van der Waals surface area contributed by atoms with Gasteiger partial charge < -0.3 is 10.2 Å². The molecule has 5 nitrogen and oxygen atoms in total. The fourth-order valence-electron chi connectivity index (χ4n) is 2.37. The molecular formula is C18H21N3O2. The van der Waals surface area contributed by atoms with Crippen LogP contribution in [0.3, 0.4) is 0 Å². The van der Waals surface area contributed by atoms with Crippen molar-refractivity contribution in [3.05, 3.63) is 66.0 Å². The first-order valence-corrected chi connectivity index (χ1v) is 7.72. The van der Waals surface area contributed by atoms with E-state index >= 15 is 0 Å². The molecule has 2 rings (SSSR count). The van der Waals surface area contributed by atoms with Gasteiger partial charge in [-0.1, -0.05) is 30.3 Å². The van der Waals surface area contributed by atoms with Gasteiger partial charge in [-0.15, -0.1) is 0 Å². The van der Waals surface area contributed by atoms with Gasteiger partial charge in [0.15, 0.2) is 0 Å². The number of amides is 2. The first kappa shape index (κ1) is 16.7. The first-order valence-electron chi connectivity index (χ1n) is 7.72. The molecule has 0 bridgehead atoms. The van der Waals surface area contributed by atoms with E-state index in [1.807, 2.05) is 44.2 Å². The van der Waals surface area contributed by atoms with Crippen molar-refractivity contribution in [1.82, 2.24) is 15.2 Å². The lowest BCUT2D eigenvalue weighted by Gasteiger charge is -2.26. The second kappa shape index (κ2) is 8.08. The van der Waals surface area contributed by atoms with Crippen LogP contribution < -0.4 is 5.32 Å². The maximum atomic E-state index is 12.8. The van der Waals surface area contributed by atoms with Crippen molar-refractivity contribution in [2.24, 2.45) is 0 Å². The minimum absolute atomic E-state index is 0.108. The lowest BCUT2D eigenvalue weighted by atomic mass is 10.0. The third-order valence-electron chi connectivity index (χ3n) is 3.67. The molecule has 1 aromatic heterocycles. The van der Waals surface area contributed by atoms with Crippen LogP contribution in [0.15, 0.2) is 54.9 Å². The Bertz CT molecular complexity index is 640. The average molecular weight is 311 g/mol. The van der Waals surface area contributed by atoms with Gasteiger partial charge in [0.1, 0.15) is 6.04 Å². The van der Waals surface area contributed by atoms with Crippen molar-refractivity contribution in [3.63, 3.8) is 0 Å². The quantitative estimate of drug-likeness (QED) is 0.891. The number of hydrogen-bond acceptors (Lipinski definition) is 3. The molecular weight excluding hydrogens is 290 g/mol. The van der Waals surface area contributed by atoms with Crippen LogP contribution >= 0.6 is 0 Å². The molecule has 5 heteroatoms. The highest BCUT2D eigenvalue weighted by atomic mass is 16.2. The summed E-state index contributed by atoms with van der Waals surface area (Å²) in [6.45, 7) is 5.05. The van der Waals surface area contributed by atoms with Crippen molar-refractivity contribution in [2.45, 2.75) is 19.9 Å². The van der Waals surface area contributed by atoms with E-state index in [9.17, 15) is 9.59 Å². The van der Waals surface area contributed by atoms with E-state index in [1.165, 1.54) is 0 Å². The summed E-state index contributed by atoms with van der Waals surface area (Å²) < 4.78 is 0. The number of carbonyl (C=O) groups excluding carboxylic acids is 2. The summed E-state index contributed by atoms with van der Waals surface area (Å²) in [6, 6.07) is 11.8. The Hall–Kier alpha value is -2.69. The van der Waals surface area contributed by atoms with Gasteiger partial charge in [0, 0.05) is 31.0 Å². The van der Waals surface area contributed by atoms with Gasteiger partial charge in [-0.25, -0.2) is 0 Å². The topological polar surface area (TPSA) is 62.3 Å². The summed E-state index contributed by atoms with van der Waals surface area (Å²) in [6.07, 6.45) is 3.11. The maximum absolute atomic E-state index is 12.8. The van der Waals surface area contributed by atoms with Gasteiger partial charge in [-0.05, 0) is 31.5 Å². The second-order valence-electron chi connectivity index (χ2n) is 5.06. The third kappa shape index (κ3) is 4.16. The highest BCUT2D eigenvalue weighted by Crippen LogP contribution is 2.16. The van der Waals surface area contributed by atoms with Crippen LogP contribution in [0, 0.1) is 0 Å². The lowest BCUT2D eigenvalue weighted by molar-refractivity contribution is -0.133. The van der Waals surface area contributed by atoms with Gasteiger partial charge in [0.25, 0.3) is 5.91 Å². The van der Waals surface area contributed by atoms with E-state index in [-0.39, 0.29) is 11.8 Å². The zero-order valence-corrected chi connectivity index (χ0v) is 13.4. The van der Waals surface area contributed by atoms with Crippen LogP contribution in [0.5, 0.6) is 0 Å². The van der Waals surface area contributed by atoms with Crippen LogP contribution in [0.2, 0.25) is 0 Å². The van der Waals surface area contributed by atoms with E-state index in [0.717, 1.165) is 5.56 Å². The molecule has 0 unspecified atom stereocenters. The van der Waals surface area contributed by atoms with Crippen molar-refractivity contribution in [1.29, 1.82) is 0 Å². The summed E-state index contributed by atoms with van der Waals surface area (Å²) >= 11 is 0. The molecule has 1 heterocycles. The van der Waals surface area contributed by atoms with Crippen molar-refractivity contribution >= 4 is 11.8 Å². The monoisotopic (exact) mass is 311 g/mol. The van der Waals surface area contributed by atoms with Gasteiger partial charge in [0.2, 0.25) is 5.91 Å². The fourth-order valence-corrected chi connectivity index (χ4v) is 2.37. The molecule has 2 amide bonds. The van der Waals surface area contributed by atoms with Crippen LogP contribution in [-0.4, -0.2) is 34.8 Å². The molecule has 0 aliphatic carbocycles. The predicted molar refractivity (Wildman–Crippen MR) is 88.8 cm³/mol. The Morgan fingerprint density at radius 3 is 2.22 bits per heavy atom. The van der Waals surface area contributed by atoms with Crippen LogP contribution in [-0.2, 0) is 4.79 Å². The number of nitrogens with one attached hydrogen (secondary N) is 1. The van der Waals surface area contributed by atoms with E-state index in [0.29, 0.717) is 18.7 Å². The molecule has 1 aromatic carbocycles. The predicted octanol–water partition coefficient (Wildman–Crippen LogP) is 2.42. The largest absolute Gasteiger partial charge is 0.341 e. The zero-order valence-electron chi connectivity index (χ0n) is 13.4.